The van der Waals surface area contributed by atoms with Gasteiger partial charge in [0, 0.05) is 54.6 Å². The molecule has 1 spiro atoms. The highest BCUT2D eigenvalue weighted by Crippen LogP contribution is 2.53. The van der Waals surface area contributed by atoms with Gasteiger partial charge in [0.2, 0.25) is 0 Å². The van der Waals surface area contributed by atoms with Gasteiger partial charge in [0.1, 0.15) is 17.3 Å². The molecule has 1 atom stereocenters. The number of alkyl halides is 1. The van der Waals surface area contributed by atoms with Gasteiger partial charge in [-0.05, 0) is 69.2 Å². The maximum absolute atomic E-state index is 14.8. The number of anilines is 1. The summed E-state index contributed by atoms with van der Waals surface area (Å²) in [5.74, 6) is -1.66. The fourth-order valence-corrected chi connectivity index (χ4v) is 6.78. The fraction of sp³-hybridized carbons (Fsp3) is 0.538. The van der Waals surface area contributed by atoms with Crippen LogP contribution < -0.4 is 15.5 Å². The molecular weight excluding hydrogens is 441 g/mol. The third kappa shape index (κ3) is 3.67. The summed E-state index contributed by atoms with van der Waals surface area (Å²) < 4.78 is 43.0. The molecule has 1 amide bonds. The quantitative estimate of drug-likeness (QED) is 0.690. The van der Waals surface area contributed by atoms with Crippen LogP contribution in [0.15, 0.2) is 30.6 Å². The monoisotopic (exact) mass is 470 g/mol. The van der Waals surface area contributed by atoms with Crippen LogP contribution in [0.4, 0.5) is 18.9 Å². The summed E-state index contributed by atoms with van der Waals surface area (Å²) in [7, 11) is 0. The molecule has 4 fully saturated rings. The molecule has 1 aromatic carbocycles. The van der Waals surface area contributed by atoms with Gasteiger partial charge in [0.25, 0.3) is 5.91 Å². The van der Waals surface area contributed by atoms with Gasteiger partial charge in [-0.3, -0.25) is 9.78 Å². The molecule has 2 aromatic rings. The van der Waals surface area contributed by atoms with Crippen LogP contribution >= 0.6 is 0 Å². The average molecular weight is 471 g/mol. The van der Waals surface area contributed by atoms with Crippen LogP contribution in [-0.4, -0.2) is 47.3 Å². The third-order valence-corrected chi connectivity index (χ3v) is 8.47. The molecule has 2 saturated heterocycles. The maximum Gasteiger partial charge on any atom is 0.255 e. The van der Waals surface area contributed by atoms with Gasteiger partial charge in [-0.15, -0.1) is 0 Å². The number of halogens is 3. The lowest BCUT2D eigenvalue weighted by atomic mass is 9.92. The Labute approximate surface area is 197 Å². The second kappa shape index (κ2) is 7.70. The predicted molar refractivity (Wildman–Crippen MR) is 124 cm³/mol. The number of hydrogen-bond donors (Lipinski definition) is 2. The number of nitrogens with zero attached hydrogens (tertiary/aromatic N) is 2. The molecule has 0 radical (unpaired) electrons. The van der Waals surface area contributed by atoms with Crippen LogP contribution in [0.5, 0.6) is 0 Å². The van der Waals surface area contributed by atoms with E-state index in [1.807, 2.05) is 0 Å². The first-order valence-corrected chi connectivity index (χ1v) is 12.2. The number of carbonyl (C=O) groups is 1. The summed E-state index contributed by atoms with van der Waals surface area (Å²) in [5.41, 5.74) is 0.171. The first-order valence-electron chi connectivity index (χ1n) is 12.2. The highest BCUT2D eigenvalue weighted by Gasteiger charge is 2.55. The Kier molecular flexibility index (Phi) is 4.96. The van der Waals surface area contributed by atoms with Crippen molar-refractivity contribution in [3.8, 4) is 11.1 Å². The lowest BCUT2D eigenvalue weighted by Crippen LogP contribution is -2.46. The summed E-state index contributed by atoms with van der Waals surface area (Å²) in [6, 6.07) is 3.38. The molecule has 2 N–H and O–H groups in total. The van der Waals surface area contributed by atoms with Crippen LogP contribution in [-0.2, 0) is 0 Å². The Morgan fingerprint density at radius 2 is 1.79 bits per heavy atom. The molecule has 2 aliphatic carbocycles. The largest absolute Gasteiger partial charge is 0.368 e. The van der Waals surface area contributed by atoms with Crippen molar-refractivity contribution >= 4 is 11.6 Å². The second-order valence-electron chi connectivity index (χ2n) is 10.8. The van der Waals surface area contributed by atoms with Gasteiger partial charge in [-0.1, -0.05) is 0 Å². The zero-order valence-corrected chi connectivity index (χ0v) is 19.1. The molecule has 2 aliphatic heterocycles. The topological polar surface area (TPSA) is 57.3 Å². The lowest BCUT2D eigenvalue weighted by Gasteiger charge is -2.31. The molecule has 180 valence electrons. The van der Waals surface area contributed by atoms with Gasteiger partial charge in [0.15, 0.2) is 0 Å². The summed E-state index contributed by atoms with van der Waals surface area (Å²) in [5, 5.41) is 6.76. The molecule has 2 saturated carbocycles. The van der Waals surface area contributed by atoms with Crippen LogP contribution in [0.2, 0.25) is 0 Å². The van der Waals surface area contributed by atoms with E-state index in [1.165, 1.54) is 18.3 Å². The van der Waals surface area contributed by atoms with Crippen molar-refractivity contribution in [1.29, 1.82) is 0 Å². The van der Waals surface area contributed by atoms with E-state index < -0.39 is 22.8 Å². The standard InChI is InChI=1S/C26H29F3N4O/c27-18-10-17(11-19(28)12-18)20-13-30-14-21(22(20)33-9-7-26(16-33)2-1-8-31-26)23(34)32-25-5-3-24(29,15-25)4-6-25/h10-14,31H,1-9,15-16H2,(H,32,34). The van der Waals surface area contributed by atoms with E-state index in [0.29, 0.717) is 61.0 Å². The number of benzene rings is 1. The van der Waals surface area contributed by atoms with Crippen LogP contribution in [0.3, 0.4) is 0 Å². The number of pyridine rings is 1. The Balaban J connectivity index is 1.41. The number of aromatic nitrogens is 1. The summed E-state index contributed by atoms with van der Waals surface area (Å²) in [6.45, 7) is 2.40. The zero-order chi connectivity index (χ0) is 23.6. The van der Waals surface area contributed by atoms with Crippen molar-refractivity contribution in [2.24, 2.45) is 0 Å². The van der Waals surface area contributed by atoms with Crippen LogP contribution in [0.25, 0.3) is 11.1 Å². The fourth-order valence-electron chi connectivity index (χ4n) is 6.78. The summed E-state index contributed by atoms with van der Waals surface area (Å²) in [4.78, 5) is 20.1. The van der Waals surface area contributed by atoms with E-state index in [9.17, 15) is 18.0 Å². The van der Waals surface area contributed by atoms with E-state index in [-0.39, 0.29) is 11.4 Å². The van der Waals surface area contributed by atoms with Crippen molar-refractivity contribution < 1.29 is 18.0 Å². The van der Waals surface area contributed by atoms with E-state index in [0.717, 1.165) is 38.4 Å². The summed E-state index contributed by atoms with van der Waals surface area (Å²) in [6.07, 6.45) is 8.75. The highest BCUT2D eigenvalue weighted by molar-refractivity contribution is 6.03. The molecule has 5 nitrogen and oxygen atoms in total. The van der Waals surface area contributed by atoms with Crippen molar-refractivity contribution in [2.75, 3.05) is 24.5 Å². The third-order valence-electron chi connectivity index (χ3n) is 8.47. The van der Waals surface area contributed by atoms with Crippen LogP contribution in [0, 0.1) is 11.6 Å². The highest BCUT2D eigenvalue weighted by atomic mass is 19.1. The minimum absolute atomic E-state index is 0.00903. The number of carbonyl (C=O) groups excluding carboxylic acids is 1. The number of rotatable bonds is 4. The van der Waals surface area contributed by atoms with Crippen molar-refractivity contribution in [2.45, 2.75) is 68.1 Å². The van der Waals surface area contributed by atoms with E-state index >= 15 is 0 Å². The smallest absolute Gasteiger partial charge is 0.255 e. The predicted octanol–water partition coefficient (Wildman–Crippen LogP) is 4.51. The van der Waals surface area contributed by atoms with E-state index in [1.54, 1.807) is 6.20 Å². The van der Waals surface area contributed by atoms with Gasteiger partial charge in [-0.25, -0.2) is 13.2 Å². The van der Waals surface area contributed by atoms with Gasteiger partial charge < -0.3 is 15.5 Å². The first-order chi connectivity index (χ1) is 16.3. The van der Waals surface area contributed by atoms with E-state index in [2.05, 4.69) is 20.5 Å². The van der Waals surface area contributed by atoms with Crippen molar-refractivity contribution in [3.05, 3.63) is 47.8 Å². The Bertz CT molecular complexity index is 1120. The Morgan fingerprint density at radius 3 is 2.44 bits per heavy atom. The molecule has 34 heavy (non-hydrogen) atoms. The lowest BCUT2D eigenvalue weighted by molar-refractivity contribution is 0.0901. The van der Waals surface area contributed by atoms with Crippen LogP contribution in [0.1, 0.15) is 61.7 Å². The number of nitrogens with one attached hydrogen (secondary N) is 2. The van der Waals surface area contributed by atoms with Gasteiger partial charge in [-0.2, -0.15) is 0 Å². The van der Waals surface area contributed by atoms with E-state index in [4.69, 9.17) is 0 Å². The number of amides is 1. The van der Waals surface area contributed by atoms with Gasteiger partial charge in [0.05, 0.1) is 11.3 Å². The second-order valence-corrected chi connectivity index (χ2v) is 10.8. The molecule has 6 rings (SSSR count). The minimum Gasteiger partial charge on any atom is -0.368 e. The van der Waals surface area contributed by atoms with Crippen molar-refractivity contribution in [3.63, 3.8) is 0 Å². The van der Waals surface area contributed by atoms with Crippen molar-refractivity contribution in [1.82, 2.24) is 15.6 Å². The molecule has 2 bridgehead atoms. The SMILES string of the molecule is O=C(NC12CCC(F)(CC1)C2)c1cncc(-c2cc(F)cc(F)c2)c1N1CCC2(CCCN2)C1. The molecule has 3 heterocycles. The number of fused-ring (bicyclic) bond motifs is 2. The Hall–Kier alpha value is -2.61. The first kappa shape index (κ1) is 21.9. The van der Waals surface area contributed by atoms with Gasteiger partial charge >= 0.3 is 0 Å². The normalized spacial score (nSPS) is 32.1. The Morgan fingerprint density at radius 1 is 1.03 bits per heavy atom. The average Bonchev–Trinajstić information content (AvgIpc) is 3.57. The number of hydrogen-bond acceptors (Lipinski definition) is 4. The summed E-state index contributed by atoms with van der Waals surface area (Å²) >= 11 is 0. The zero-order valence-electron chi connectivity index (χ0n) is 19.1. The molecule has 1 aromatic heterocycles. The molecular formula is C26H29F3N4O. The molecule has 8 heteroatoms. The molecule has 4 aliphatic rings. The molecule has 1 unspecified atom stereocenters. The maximum atomic E-state index is 14.8. The minimum atomic E-state index is -1.18.